The van der Waals surface area contributed by atoms with Gasteiger partial charge in [0.05, 0.1) is 12.6 Å². The lowest BCUT2D eigenvalue weighted by Gasteiger charge is -2.22. The molecule has 0 aliphatic carbocycles. The van der Waals surface area contributed by atoms with Gasteiger partial charge < -0.3 is 25.8 Å². The Morgan fingerprint density at radius 1 is 1.19 bits per heavy atom. The Hall–Kier alpha value is -2.12. The molecule has 0 aromatic heterocycles. The highest BCUT2D eigenvalue weighted by Crippen LogP contribution is 2.05. The number of hydrogen-bond acceptors (Lipinski definition) is 5. The molecule has 1 aromatic carbocycles. The third-order valence-corrected chi connectivity index (χ3v) is 2.84. The van der Waals surface area contributed by atoms with Crippen molar-refractivity contribution in [1.29, 1.82) is 0 Å². The number of nitrogens with one attached hydrogen (secondary N) is 2. The summed E-state index contributed by atoms with van der Waals surface area (Å²) in [4.78, 5) is 23.5. The lowest BCUT2D eigenvalue weighted by molar-refractivity contribution is -0.135. The van der Waals surface area contributed by atoms with E-state index in [9.17, 15) is 9.59 Å². The van der Waals surface area contributed by atoms with Gasteiger partial charge in [-0.15, -0.1) is 0 Å². The average Bonchev–Trinajstić information content (AvgIpc) is 2.46. The number of nitrogens with two attached hydrogens (primary N) is 1. The van der Waals surface area contributed by atoms with Crippen LogP contribution in [0.15, 0.2) is 24.3 Å². The summed E-state index contributed by atoms with van der Waals surface area (Å²) < 4.78 is 10.1. The number of carbonyl (C=O) groups is 2. The fourth-order valence-electron chi connectivity index (χ4n) is 1.77. The number of amides is 2. The average molecular weight is 295 g/mol. The van der Waals surface area contributed by atoms with Crippen LogP contribution in [0.2, 0.25) is 0 Å². The first-order valence-electron chi connectivity index (χ1n) is 6.46. The quantitative estimate of drug-likeness (QED) is 0.490. The predicted octanol–water partition coefficient (Wildman–Crippen LogP) is 0.122. The molecule has 1 atom stereocenters. The first-order chi connectivity index (χ1) is 9.97. The zero-order valence-corrected chi connectivity index (χ0v) is 12.4. The van der Waals surface area contributed by atoms with E-state index >= 15 is 0 Å². The van der Waals surface area contributed by atoms with E-state index in [1.54, 1.807) is 31.2 Å². The molecule has 21 heavy (non-hydrogen) atoms. The first kappa shape index (κ1) is 16.9. The fourth-order valence-corrected chi connectivity index (χ4v) is 1.77. The Bertz CT molecular complexity index is 472. The van der Waals surface area contributed by atoms with Crippen molar-refractivity contribution in [2.24, 2.45) is 0 Å². The second-order valence-corrected chi connectivity index (χ2v) is 4.50. The summed E-state index contributed by atoms with van der Waals surface area (Å²) in [5.74, 6) is -0.668. The number of hydrogen-bond donors (Lipinski definition) is 3. The number of methoxy groups -OCH3 is 2. The van der Waals surface area contributed by atoms with Crippen LogP contribution in [0.1, 0.15) is 17.3 Å². The summed E-state index contributed by atoms with van der Waals surface area (Å²) in [6, 6.07) is 6.10. The van der Waals surface area contributed by atoms with E-state index in [-0.39, 0.29) is 24.4 Å². The molecule has 0 saturated heterocycles. The molecule has 0 spiro atoms. The SMILES string of the molecule is COC(OC)C(C)NC(=O)CNC(=O)c1ccc(N)cc1. The van der Waals surface area contributed by atoms with E-state index in [4.69, 9.17) is 15.2 Å². The van der Waals surface area contributed by atoms with Gasteiger partial charge in [0.1, 0.15) is 0 Å². The van der Waals surface area contributed by atoms with Crippen molar-refractivity contribution in [1.82, 2.24) is 10.6 Å². The Morgan fingerprint density at radius 3 is 2.29 bits per heavy atom. The molecule has 0 fully saturated rings. The highest BCUT2D eigenvalue weighted by atomic mass is 16.7. The molecule has 1 rings (SSSR count). The van der Waals surface area contributed by atoms with Crippen molar-refractivity contribution in [3.8, 4) is 0 Å². The van der Waals surface area contributed by atoms with Gasteiger partial charge in [-0.2, -0.15) is 0 Å². The molecular formula is C14H21N3O4. The Morgan fingerprint density at radius 2 is 1.76 bits per heavy atom. The van der Waals surface area contributed by atoms with Crippen molar-refractivity contribution >= 4 is 17.5 Å². The number of ether oxygens (including phenoxy) is 2. The van der Waals surface area contributed by atoms with Gasteiger partial charge in [0, 0.05) is 25.5 Å². The largest absolute Gasteiger partial charge is 0.399 e. The van der Waals surface area contributed by atoms with Crippen molar-refractivity contribution in [3.05, 3.63) is 29.8 Å². The predicted molar refractivity (Wildman–Crippen MR) is 78.6 cm³/mol. The van der Waals surface area contributed by atoms with E-state index in [0.717, 1.165) is 0 Å². The van der Waals surface area contributed by atoms with E-state index in [2.05, 4.69) is 10.6 Å². The van der Waals surface area contributed by atoms with Gasteiger partial charge in [0.25, 0.3) is 5.91 Å². The Labute approximate surface area is 123 Å². The van der Waals surface area contributed by atoms with Crippen LogP contribution in [0.3, 0.4) is 0 Å². The number of benzene rings is 1. The zero-order valence-electron chi connectivity index (χ0n) is 12.4. The normalized spacial score (nSPS) is 12.0. The van der Waals surface area contributed by atoms with Crippen molar-refractivity contribution in [2.45, 2.75) is 19.3 Å². The second-order valence-electron chi connectivity index (χ2n) is 4.50. The van der Waals surface area contributed by atoms with Crippen LogP contribution in [-0.4, -0.2) is 44.9 Å². The van der Waals surface area contributed by atoms with Gasteiger partial charge >= 0.3 is 0 Å². The monoisotopic (exact) mass is 295 g/mol. The smallest absolute Gasteiger partial charge is 0.251 e. The molecule has 0 bridgehead atoms. The van der Waals surface area contributed by atoms with Crippen molar-refractivity contribution in [3.63, 3.8) is 0 Å². The molecule has 0 radical (unpaired) electrons. The molecule has 0 heterocycles. The summed E-state index contributed by atoms with van der Waals surface area (Å²) in [6.45, 7) is 1.62. The van der Waals surface area contributed by atoms with Gasteiger partial charge in [-0.25, -0.2) is 0 Å². The topological polar surface area (TPSA) is 103 Å². The van der Waals surface area contributed by atoms with Crippen LogP contribution >= 0.6 is 0 Å². The Balaban J connectivity index is 2.42. The molecular weight excluding hydrogens is 274 g/mol. The fraction of sp³-hybridized carbons (Fsp3) is 0.429. The molecule has 116 valence electrons. The maximum Gasteiger partial charge on any atom is 0.251 e. The van der Waals surface area contributed by atoms with Crippen LogP contribution in [0.5, 0.6) is 0 Å². The Kier molecular flexibility index (Phi) is 6.64. The molecule has 7 nitrogen and oxygen atoms in total. The standard InChI is InChI=1S/C14H21N3O4/c1-9(14(20-2)21-3)17-12(18)8-16-13(19)10-4-6-11(15)7-5-10/h4-7,9,14H,8,15H2,1-3H3,(H,16,19)(H,17,18). The molecule has 4 N–H and O–H groups in total. The highest BCUT2D eigenvalue weighted by Gasteiger charge is 2.18. The minimum absolute atomic E-state index is 0.131. The molecule has 1 aromatic rings. The highest BCUT2D eigenvalue weighted by molar-refractivity contribution is 5.96. The van der Waals surface area contributed by atoms with E-state index in [1.807, 2.05) is 0 Å². The van der Waals surface area contributed by atoms with Crippen LogP contribution in [0.25, 0.3) is 0 Å². The third-order valence-electron chi connectivity index (χ3n) is 2.84. The lowest BCUT2D eigenvalue weighted by Crippen LogP contribution is -2.46. The summed E-state index contributed by atoms with van der Waals surface area (Å²) in [6.07, 6.45) is -0.540. The molecule has 1 unspecified atom stereocenters. The number of anilines is 1. The van der Waals surface area contributed by atoms with Gasteiger partial charge in [-0.1, -0.05) is 0 Å². The molecule has 7 heteroatoms. The van der Waals surface area contributed by atoms with Gasteiger partial charge in [0.15, 0.2) is 6.29 Å². The molecule has 0 aliphatic rings. The van der Waals surface area contributed by atoms with E-state index < -0.39 is 6.29 Å². The van der Waals surface area contributed by atoms with Gasteiger partial charge in [0.2, 0.25) is 5.91 Å². The number of nitrogen functional groups attached to an aromatic ring is 1. The van der Waals surface area contributed by atoms with Crippen LogP contribution < -0.4 is 16.4 Å². The van der Waals surface area contributed by atoms with Crippen molar-refractivity contribution < 1.29 is 19.1 Å². The van der Waals surface area contributed by atoms with E-state index in [0.29, 0.717) is 11.3 Å². The zero-order chi connectivity index (χ0) is 15.8. The third kappa shape index (κ3) is 5.41. The summed E-state index contributed by atoms with van der Waals surface area (Å²) >= 11 is 0. The minimum atomic E-state index is -0.540. The second kappa shape index (κ2) is 8.23. The number of rotatable bonds is 7. The van der Waals surface area contributed by atoms with Crippen LogP contribution in [-0.2, 0) is 14.3 Å². The maximum absolute atomic E-state index is 11.8. The summed E-state index contributed by atoms with van der Waals surface area (Å²) in [7, 11) is 2.97. The summed E-state index contributed by atoms with van der Waals surface area (Å²) in [5.41, 5.74) is 6.55. The maximum atomic E-state index is 11.8. The summed E-state index contributed by atoms with van der Waals surface area (Å²) in [5, 5.41) is 5.20. The van der Waals surface area contributed by atoms with E-state index in [1.165, 1.54) is 14.2 Å². The van der Waals surface area contributed by atoms with Gasteiger partial charge in [-0.3, -0.25) is 9.59 Å². The number of carbonyl (C=O) groups excluding carboxylic acids is 2. The van der Waals surface area contributed by atoms with Crippen LogP contribution in [0.4, 0.5) is 5.69 Å². The minimum Gasteiger partial charge on any atom is -0.399 e. The van der Waals surface area contributed by atoms with Gasteiger partial charge in [-0.05, 0) is 31.2 Å². The van der Waals surface area contributed by atoms with Crippen LogP contribution in [0, 0.1) is 0 Å². The molecule has 0 saturated carbocycles. The first-order valence-corrected chi connectivity index (χ1v) is 6.46. The molecule has 0 aliphatic heterocycles. The molecule has 2 amide bonds. The van der Waals surface area contributed by atoms with Crippen molar-refractivity contribution in [2.75, 3.05) is 26.5 Å². The lowest BCUT2D eigenvalue weighted by atomic mass is 10.2.